The summed E-state index contributed by atoms with van der Waals surface area (Å²) in [6, 6.07) is 0. The summed E-state index contributed by atoms with van der Waals surface area (Å²) in [6.45, 7) is 18.0. The summed E-state index contributed by atoms with van der Waals surface area (Å²) in [7, 11) is 0. The first-order valence-electron chi connectivity index (χ1n) is 13.8. The number of rotatable bonds is 3. The molecule has 0 amide bonds. The van der Waals surface area contributed by atoms with Gasteiger partial charge in [-0.3, -0.25) is 4.79 Å². The first-order valence-corrected chi connectivity index (χ1v) is 13.8. The summed E-state index contributed by atoms with van der Waals surface area (Å²) in [5.41, 5.74) is 0.153. The maximum absolute atomic E-state index is 12.8. The minimum atomic E-state index is -0.602. The Morgan fingerprint density at radius 1 is 0.912 bits per heavy atom. The van der Waals surface area contributed by atoms with Crippen molar-refractivity contribution in [2.45, 2.75) is 99.0 Å². The van der Waals surface area contributed by atoms with E-state index in [9.17, 15) is 19.8 Å². The van der Waals surface area contributed by atoms with Crippen LogP contribution in [0.4, 0.5) is 0 Å². The molecular formula is C30H46O4. The molecule has 5 aliphatic rings. The highest BCUT2D eigenvalue weighted by molar-refractivity contribution is 5.76. The molecule has 5 saturated carbocycles. The number of carboxylic acid groups (broad SMARTS) is 1. The van der Waals surface area contributed by atoms with E-state index >= 15 is 0 Å². The Balaban J connectivity index is 1.61. The second-order valence-corrected chi connectivity index (χ2v) is 14.4. The van der Waals surface area contributed by atoms with E-state index in [0.29, 0.717) is 23.7 Å². The van der Waals surface area contributed by atoms with Gasteiger partial charge in [-0.2, -0.15) is 0 Å². The summed E-state index contributed by atoms with van der Waals surface area (Å²) in [6.07, 6.45) is 8.13. The summed E-state index contributed by atoms with van der Waals surface area (Å²) >= 11 is 0. The van der Waals surface area contributed by atoms with Gasteiger partial charge in [0, 0.05) is 5.92 Å². The number of carbonyl (C=O) groups is 2. The molecule has 0 spiro atoms. The van der Waals surface area contributed by atoms with Gasteiger partial charge in [0.25, 0.3) is 0 Å². The third-order valence-corrected chi connectivity index (χ3v) is 13.5. The molecule has 34 heavy (non-hydrogen) atoms. The van der Waals surface area contributed by atoms with Crippen LogP contribution in [0.5, 0.6) is 0 Å². The molecule has 0 aromatic rings. The van der Waals surface area contributed by atoms with E-state index < -0.39 is 17.5 Å². The third-order valence-electron chi connectivity index (χ3n) is 13.5. The number of carboxylic acids is 1. The van der Waals surface area contributed by atoms with Crippen LogP contribution in [0.25, 0.3) is 0 Å². The van der Waals surface area contributed by atoms with Gasteiger partial charge in [-0.1, -0.05) is 46.8 Å². The number of aliphatic hydroxyl groups excluding tert-OH is 1. The summed E-state index contributed by atoms with van der Waals surface area (Å²) in [4.78, 5) is 25.2. The van der Waals surface area contributed by atoms with E-state index in [1.54, 1.807) is 0 Å². The number of aliphatic hydroxyl groups is 1. The van der Waals surface area contributed by atoms with Gasteiger partial charge in [-0.25, -0.2) is 0 Å². The predicted octanol–water partition coefficient (Wildman–Crippen LogP) is 6.12. The molecular weight excluding hydrogens is 424 g/mol. The number of aldehydes is 1. The Kier molecular flexibility index (Phi) is 5.20. The van der Waals surface area contributed by atoms with Crippen LogP contribution >= 0.6 is 0 Å². The van der Waals surface area contributed by atoms with Gasteiger partial charge in [0.05, 0.1) is 11.5 Å². The lowest BCUT2D eigenvalue weighted by molar-refractivity contribution is -0.225. The fourth-order valence-electron chi connectivity index (χ4n) is 11.7. The number of aliphatic carboxylic acids is 1. The number of fused-ring (bicyclic) bond motifs is 7. The van der Waals surface area contributed by atoms with Crippen LogP contribution in [0.1, 0.15) is 92.9 Å². The molecule has 4 nitrogen and oxygen atoms in total. The van der Waals surface area contributed by atoms with Crippen molar-refractivity contribution in [2.24, 2.45) is 62.6 Å². The molecule has 0 unspecified atom stereocenters. The molecule has 0 aromatic heterocycles. The Morgan fingerprint density at radius 2 is 1.59 bits per heavy atom. The first kappa shape index (κ1) is 24.5. The van der Waals surface area contributed by atoms with E-state index in [1.165, 1.54) is 0 Å². The molecule has 11 atom stereocenters. The van der Waals surface area contributed by atoms with Gasteiger partial charge in [-0.05, 0) is 110 Å². The van der Waals surface area contributed by atoms with Gasteiger partial charge >= 0.3 is 5.97 Å². The minimum Gasteiger partial charge on any atom is -0.481 e. The second-order valence-electron chi connectivity index (χ2n) is 14.4. The lowest BCUT2D eigenvalue weighted by Gasteiger charge is -2.70. The summed E-state index contributed by atoms with van der Waals surface area (Å²) in [5.74, 6) is 0.617. The molecule has 0 radical (unpaired) electrons. The standard InChI is InChI=1S/C30H46O4/c1-17(2)18-10-13-30(25(33)34)15-14-27(5)19(23(18)30)8-9-22-28(27,6)12-11-21-26(3,4)24(32)20(16-31)29(21,22)7/h16,18-24,32H,1,8-15H2,2-7H3,(H,33,34)/t18-,19-,20+,21-,22+,23-,24-,27+,28-,29-,30-/m0/s1. The fourth-order valence-corrected chi connectivity index (χ4v) is 11.7. The number of allylic oxidation sites excluding steroid dienone is 1. The van der Waals surface area contributed by atoms with Crippen molar-refractivity contribution >= 4 is 12.3 Å². The van der Waals surface area contributed by atoms with Gasteiger partial charge in [0.15, 0.2) is 0 Å². The van der Waals surface area contributed by atoms with Crippen LogP contribution in [0, 0.1) is 62.6 Å². The zero-order chi connectivity index (χ0) is 25.1. The highest BCUT2D eigenvalue weighted by atomic mass is 16.4. The van der Waals surface area contributed by atoms with Crippen molar-refractivity contribution in [3.8, 4) is 0 Å². The topological polar surface area (TPSA) is 74.6 Å². The minimum absolute atomic E-state index is 0.0371. The largest absolute Gasteiger partial charge is 0.481 e. The van der Waals surface area contributed by atoms with Crippen LogP contribution < -0.4 is 0 Å². The molecule has 4 heteroatoms. The van der Waals surface area contributed by atoms with Crippen molar-refractivity contribution in [2.75, 3.05) is 0 Å². The van der Waals surface area contributed by atoms with Crippen LogP contribution in [-0.4, -0.2) is 28.6 Å². The van der Waals surface area contributed by atoms with E-state index in [0.717, 1.165) is 63.2 Å². The van der Waals surface area contributed by atoms with E-state index in [4.69, 9.17) is 0 Å². The van der Waals surface area contributed by atoms with E-state index in [-0.39, 0.29) is 33.5 Å². The number of carbonyl (C=O) groups excluding carboxylic acids is 1. The Morgan fingerprint density at radius 3 is 2.18 bits per heavy atom. The van der Waals surface area contributed by atoms with Gasteiger partial charge < -0.3 is 15.0 Å². The van der Waals surface area contributed by atoms with Crippen molar-refractivity contribution in [3.63, 3.8) is 0 Å². The first-order chi connectivity index (χ1) is 15.7. The lowest BCUT2D eigenvalue weighted by atomic mass is 9.34. The van der Waals surface area contributed by atoms with Crippen LogP contribution in [-0.2, 0) is 9.59 Å². The van der Waals surface area contributed by atoms with Crippen LogP contribution in [0.2, 0.25) is 0 Å². The summed E-state index contributed by atoms with van der Waals surface area (Å²) in [5, 5.41) is 21.8. The van der Waals surface area contributed by atoms with E-state index in [1.807, 2.05) is 0 Å². The molecule has 0 aromatic carbocycles. The average molecular weight is 471 g/mol. The average Bonchev–Trinajstić information content (AvgIpc) is 3.22. The smallest absolute Gasteiger partial charge is 0.309 e. The third kappa shape index (κ3) is 2.55. The van der Waals surface area contributed by atoms with Crippen molar-refractivity contribution in [1.82, 2.24) is 0 Å². The second kappa shape index (κ2) is 7.20. The summed E-state index contributed by atoms with van der Waals surface area (Å²) < 4.78 is 0. The molecule has 2 N–H and O–H groups in total. The number of hydrogen-bond acceptors (Lipinski definition) is 3. The van der Waals surface area contributed by atoms with Crippen molar-refractivity contribution in [3.05, 3.63) is 12.2 Å². The van der Waals surface area contributed by atoms with Gasteiger partial charge in [0.1, 0.15) is 6.29 Å². The molecule has 0 bridgehead atoms. The SMILES string of the molecule is C=C(C)[C@@H]1CC[C@]2(C(=O)O)CC[C@]3(C)[C@@H](CC[C@H]4[C@@]5(C)[C@H](C=O)[C@H](O)C(C)(C)[C@@H]5CC[C@@]43C)[C@H]12. The Hall–Kier alpha value is -1.16. The molecule has 5 fully saturated rings. The van der Waals surface area contributed by atoms with Gasteiger partial charge in [0.2, 0.25) is 0 Å². The normalized spacial score (nSPS) is 55.4. The molecule has 0 saturated heterocycles. The fraction of sp³-hybridized carbons (Fsp3) is 0.867. The number of hydrogen-bond donors (Lipinski definition) is 2. The molecule has 0 heterocycles. The predicted molar refractivity (Wildman–Crippen MR) is 133 cm³/mol. The zero-order valence-corrected chi connectivity index (χ0v) is 22.2. The highest BCUT2D eigenvalue weighted by Crippen LogP contribution is 2.78. The highest BCUT2D eigenvalue weighted by Gasteiger charge is 2.74. The van der Waals surface area contributed by atoms with Crippen LogP contribution in [0.15, 0.2) is 12.2 Å². The zero-order valence-electron chi connectivity index (χ0n) is 22.2. The van der Waals surface area contributed by atoms with Crippen LogP contribution in [0.3, 0.4) is 0 Å². The van der Waals surface area contributed by atoms with Gasteiger partial charge in [-0.15, -0.1) is 0 Å². The quantitative estimate of drug-likeness (QED) is 0.385. The Labute approximate surface area is 206 Å². The maximum atomic E-state index is 12.8. The van der Waals surface area contributed by atoms with E-state index in [2.05, 4.69) is 48.1 Å². The lowest BCUT2D eigenvalue weighted by Crippen LogP contribution is -2.65. The molecule has 5 rings (SSSR count). The Bertz CT molecular complexity index is 923. The van der Waals surface area contributed by atoms with Crippen molar-refractivity contribution in [1.29, 1.82) is 0 Å². The molecule has 0 aliphatic heterocycles. The molecule has 5 aliphatic carbocycles. The maximum Gasteiger partial charge on any atom is 0.309 e. The monoisotopic (exact) mass is 470 g/mol. The van der Waals surface area contributed by atoms with Crippen molar-refractivity contribution < 1.29 is 19.8 Å². The molecule has 190 valence electrons.